The number of piperazine rings is 1. The molecule has 1 aliphatic heterocycles. The lowest BCUT2D eigenvalue weighted by Gasteiger charge is -2.36. The fraction of sp³-hybridized carbons (Fsp3) is 0.933. The van der Waals surface area contributed by atoms with Gasteiger partial charge in [-0.05, 0) is 12.8 Å². The van der Waals surface area contributed by atoms with Crippen LogP contribution >= 0.6 is 0 Å². The summed E-state index contributed by atoms with van der Waals surface area (Å²) in [5.41, 5.74) is 0. The molecule has 0 unspecified atom stereocenters. The van der Waals surface area contributed by atoms with E-state index < -0.39 is 10.2 Å². The Bertz CT molecular complexity index is 479. The van der Waals surface area contributed by atoms with Gasteiger partial charge in [-0.25, -0.2) is 4.79 Å². The van der Waals surface area contributed by atoms with Crippen LogP contribution in [0.1, 0.15) is 44.9 Å². The van der Waals surface area contributed by atoms with E-state index in [0.29, 0.717) is 26.2 Å². The van der Waals surface area contributed by atoms with Crippen molar-refractivity contribution >= 4 is 16.2 Å². The van der Waals surface area contributed by atoms with Crippen molar-refractivity contribution in [3.8, 4) is 0 Å². The highest BCUT2D eigenvalue weighted by Gasteiger charge is 2.30. The molecule has 0 aromatic rings. The maximum atomic E-state index is 12.4. The third-order valence-corrected chi connectivity index (χ3v) is 6.69. The number of hydrogen-bond donors (Lipinski definition) is 1. The summed E-state index contributed by atoms with van der Waals surface area (Å²) in [6, 6.07) is 0.226. The second-order valence-electron chi connectivity index (χ2n) is 6.67. The second kappa shape index (κ2) is 8.30. The number of rotatable bonds is 3. The van der Waals surface area contributed by atoms with Crippen LogP contribution in [0.2, 0.25) is 0 Å². The number of carbonyl (C=O) groups excluding carboxylic acids is 1. The number of nitrogens with zero attached hydrogens (tertiary/aromatic N) is 3. The molecule has 2 fully saturated rings. The minimum atomic E-state index is -3.38. The molecule has 0 aromatic carbocycles. The Balaban J connectivity index is 1.81. The second-order valence-corrected chi connectivity index (χ2v) is 8.81. The molecule has 8 heteroatoms. The number of carbonyl (C=O) groups is 1. The van der Waals surface area contributed by atoms with E-state index >= 15 is 0 Å². The van der Waals surface area contributed by atoms with Crippen LogP contribution in [0, 0.1) is 0 Å². The zero-order valence-corrected chi connectivity index (χ0v) is 15.1. The van der Waals surface area contributed by atoms with E-state index in [1.165, 1.54) is 54.8 Å². The fourth-order valence-electron chi connectivity index (χ4n) is 3.22. The first-order chi connectivity index (χ1) is 10.9. The summed E-state index contributed by atoms with van der Waals surface area (Å²) in [5.74, 6) is 0. The van der Waals surface area contributed by atoms with Crippen molar-refractivity contribution in [1.29, 1.82) is 0 Å². The Hall–Kier alpha value is -0.860. The Labute approximate surface area is 140 Å². The molecule has 1 heterocycles. The highest BCUT2D eigenvalue weighted by molar-refractivity contribution is 7.86. The van der Waals surface area contributed by atoms with Gasteiger partial charge in [-0.3, -0.25) is 0 Å². The molecule has 23 heavy (non-hydrogen) atoms. The van der Waals surface area contributed by atoms with E-state index in [1.54, 1.807) is 4.90 Å². The van der Waals surface area contributed by atoms with E-state index in [0.717, 1.165) is 12.8 Å². The van der Waals surface area contributed by atoms with Gasteiger partial charge < -0.3 is 10.2 Å². The average molecular weight is 346 g/mol. The van der Waals surface area contributed by atoms with Gasteiger partial charge in [0, 0.05) is 46.3 Å². The molecule has 1 N–H and O–H groups in total. The van der Waals surface area contributed by atoms with Crippen molar-refractivity contribution in [2.75, 3.05) is 40.3 Å². The quantitative estimate of drug-likeness (QED) is 0.835. The molecule has 2 rings (SSSR count). The lowest BCUT2D eigenvalue weighted by Crippen LogP contribution is -2.56. The van der Waals surface area contributed by atoms with Gasteiger partial charge in [0.25, 0.3) is 10.2 Å². The molecule has 0 spiro atoms. The SMILES string of the molecule is CN(C)S(=O)(=O)N1CCN(C(=O)NC2CCCCCCC2)CC1. The number of amides is 2. The van der Waals surface area contributed by atoms with Gasteiger partial charge >= 0.3 is 6.03 Å². The third-order valence-electron chi connectivity index (χ3n) is 4.75. The van der Waals surface area contributed by atoms with Gasteiger partial charge in [0.05, 0.1) is 0 Å². The molecule has 1 saturated heterocycles. The van der Waals surface area contributed by atoms with Crippen molar-refractivity contribution < 1.29 is 13.2 Å². The molecule has 0 aromatic heterocycles. The van der Waals surface area contributed by atoms with Gasteiger partial charge in [-0.1, -0.05) is 32.1 Å². The molecule has 2 amide bonds. The predicted octanol–water partition coefficient (Wildman–Crippen LogP) is 1.23. The first-order valence-electron chi connectivity index (χ1n) is 8.64. The summed E-state index contributed by atoms with van der Waals surface area (Å²) < 4.78 is 26.8. The van der Waals surface area contributed by atoms with Gasteiger partial charge in [0.15, 0.2) is 0 Å². The van der Waals surface area contributed by atoms with Crippen LogP contribution in [0.25, 0.3) is 0 Å². The van der Waals surface area contributed by atoms with E-state index in [-0.39, 0.29) is 12.1 Å². The molecule has 1 aliphatic carbocycles. The van der Waals surface area contributed by atoms with E-state index in [1.807, 2.05) is 0 Å². The molecule has 0 bridgehead atoms. The first-order valence-corrected chi connectivity index (χ1v) is 10.0. The van der Waals surface area contributed by atoms with Crippen molar-refractivity contribution in [2.24, 2.45) is 0 Å². The van der Waals surface area contributed by atoms with Crippen LogP contribution in [-0.2, 0) is 10.2 Å². The van der Waals surface area contributed by atoms with Crippen molar-refractivity contribution in [3.05, 3.63) is 0 Å². The highest BCUT2D eigenvalue weighted by Crippen LogP contribution is 2.17. The minimum absolute atomic E-state index is 0.0440. The van der Waals surface area contributed by atoms with Crippen LogP contribution in [0.4, 0.5) is 4.79 Å². The Kier molecular flexibility index (Phi) is 6.67. The minimum Gasteiger partial charge on any atom is -0.335 e. The van der Waals surface area contributed by atoms with Crippen molar-refractivity contribution in [2.45, 2.75) is 51.0 Å². The molecule has 134 valence electrons. The highest BCUT2D eigenvalue weighted by atomic mass is 32.2. The maximum Gasteiger partial charge on any atom is 0.317 e. The summed E-state index contributed by atoms with van der Waals surface area (Å²) in [6.45, 7) is 1.62. The third kappa shape index (κ3) is 5.06. The number of hydrogen-bond acceptors (Lipinski definition) is 3. The Morgan fingerprint density at radius 1 is 0.957 bits per heavy atom. The smallest absolute Gasteiger partial charge is 0.317 e. The van der Waals surface area contributed by atoms with E-state index in [2.05, 4.69) is 5.32 Å². The number of nitrogens with one attached hydrogen (secondary N) is 1. The first kappa shape index (κ1) is 18.5. The van der Waals surface area contributed by atoms with Gasteiger partial charge in [0.1, 0.15) is 0 Å². The van der Waals surface area contributed by atoms with Crippen LogP contribution in [0.5, 0.6) is 0 Å². The summed E-state index contributed by atoms with van der Waals surface area (Å²) in [4.78, 5) is 14.1. The normalized spacial score (nSPS) is 22.7. The van der Waals surface area contributed by atoms with Crippen LogP contribution in [0.15, 0.2) is 0 Å². The van der Waals surface area contributed by atoms with Gasteiger partial charge in [0.2, 0.25) is 0 Å². The van der Waals surface area contributed by atoms with Crippen molar-refractivity contribution in [1.82, 2.24) is 18.8 Å². The zero-order chi connectivity index (χ0) is 16.9. The number of urea groups is 1. The molecular formula is C15H30N4O3S. The van der Waals surface area contributed by atoms with Crippen molar-refractivity contribution in [3.63, 3.8) is 0 Å². The molecular weight excluding hydrogens is 316 g/mol. The maximum absolute atomic E-state index is 12.4. The van der Waals surface area contributed by atoms with E-state index in [9.17, 15) is 13.2 Å². The summed E-state index contributed by atoms with van der Waals surface area (Å²) in [5, 5.41) is 3.14. The summed E-state index contributed by atoms with van der Waals surface area (Å²) in [7, 11) is -0.315. The predicted molar refractivity (Wildman–Crippen MR) is 90.4 cm³/mol. The molecule has 2 aliphatic rings. The molecule has 1 saturated carbocycles. The van der Waals surface area contributed by atoms with E-state index in [4.69, 9.17) is 0 Å². The largest absolute Gasteiger partial charge is 0.335 e. The Morgan fingerprint density at radius 3 is 2.00 bits per heavy atom. The van der Waals surface area contributed by atoms with Gasteiger partial charge in [-0.2, -0.15) is 17.0 Å². The molecule has 7 nitrogen and oxygen atoms in total. The lowest BCUT2D eigenvalue weighted by molar-refractivity contribution is 0.165. The standard InChI is InChI=1S/C15H30N4O3S/c1-17(2)23(21,22)19-12-10-18(11-13-19)15(20)16-14-8-6-4-3-5-7-9-14/h14H,3-13H2,1-2H3,(H,16,20). The fourth-order valence-corrected chi connectivity index (χ4v) is 4.31. The monoisotopic (exact) mass is 346 g/mol. The van der Waals surface area contributed by atoms with Crippen LogP contribution < -0.4 is 5.32 Å². The summed E-state index contributed by atoms with van der Waals surface area (Å²) >= 11 is 0. The molecule has 0 atom stereocenters. The zero-order valence-electron chi connectivity index (χ0n) is 14.3. The Morgan fingerprint density at radius 2 is 1.48 bits per heavy atom. The van der Waals surface area contributed by atoms with Gasteiger partial charge in [-0.15, -0.1) is 0 Å². The average Bonchev–Trinajstić information content (AvgIpc) is 2.49. The topological polar surface area (TPSA) is 73.0 Å². The van der Waals surface area contributed by atoms with Crippen LogP contribution in [-0.4, -0.2) is 74.3 Å². The molecule has 0 radical (unpaired) electrons. The lowest BCUT2D eigenvalue weighted by atomic mass is 9.97. The summed E-state index contributed by atoms with van der Waals surface area (Å²) in [6.07, 6.45) is 8.30. The van der Waals surface area contributed by atoms with Crippen LogP contribution in [0.3, 0.4) is 0 Å².